The smallest absolute Gasteiger partial charge is 0.127 e. The molecule has 0 spiro atoms. The summed E-state index contributed by atoms with van der Waals surface area (Å²) in [4.78, 5) is 2.16. The second kappa shape index (κ2) is 6.16. The van der Waals surface area contributed by atoms with E-state index in [-0.39, 0.29) is 11.6 Å². The molecule has 0 aliphatic carbocycles. The Morgan fingerprint density at radius 3 is 2.89 bits per heavy atom. The van der Waals surface area contributed by atoms with Gasteiger partial charge in [0.1, 0.15) is 11.6 Å². The highest BCUT2D eigenvalue weighted by Crippen LogP contribution is 2.16. The quantitative estimate of drug-likeness (QED) is 0.861. The molecule has 2 rings (SSSR count). The Balaban J connectivity index is 1.87. The number of nitrogens with one attached hydrogen (secondary N) is 1. The van der Waals surface area contributed by atoms with Gasteiger partial charge in [0.2, 0.25) is 0 Å². The summed E-state index contributed by atoms with van der Waals surface area (Å²) in [5, 5.41) is 12.9. The molecule has 4 heteroatoms. The van der Waals surface area contributed by atoms with Crippen LogP contribution in [0.4, 0.5) is 4.39 Å². The Morgan fingerprint density at radius 2 is 2.22 bits per heavy atom. The van der Waals surface area contributed by atoms with Crippen molar-refractivity contribution in [2.24, 2.45) is 0 Å². The molecule has 3 nitrogen and oxygen atoms in total. The number of hydrogen-bond donors (Lipinski definition) is 2. The number of nitrogens with zero attached hydrogens (tertiary/aromatic N) is 1. The summed E-state index contributed by atoms with van der Waals surface area (Å²) in [6.45, 7) is 2.71. The summed E-state index contributed by atoms with van der Waals surface area (Å²) >= 11 is 0. The minimum Gasteiger partial charge on any atom is -0.508 e. The summed E-state index contributed by atoms with van der Waals surface area (Å²) < 4.78 is 13.1. The third-order valence-electron chi connectivity index (χ3n) is 3.34. The van der Waals surface area contributed by atoms with Gasteiger partial charge in [0.15, 0.2) is 0 Å². The van der Waals surface area contributed by atoms with Gasteiger partial charge in [-0.2, -0.15) is 0 Å². The first kappa shape index (κ1) is 13.3. The zero-order chi connectivity index (χ0) is 13.0. The highest BCUT2D eigenvalue weighted by Gasteiger charge is 2.14. The summed E-state index contributed by atoms with van der Waals surface area (Å²) in [5.41, 5.74) is 0.811. The molecule has 1 unspecified atom stereocenters. The van der Waals surface area contributed by atoms with Crippen molar-refractivity contribution in [2.75, 3.05) is 20.1 Å². The van der Waals surface area contributed by atoms with E-state index in [4.69, 9.17) is 0 Å². The molecule has 1 aliphatic rings. The molecule has 0 amide bonds. The maximum Gasteiger partial charge on any atom is 0.127 e. The van der Waals surface area contributed by atoms with Crippen molar-refractivity contribution in [3.8, 4) is 5.75 Å². The number of hydrogen-bond acceptors (Lipinski definition) is 3. The topological polar surface area (TPSA) is 35.5 Å². The fourth-order valence-corrected chi connectivity index (χ4v) is 2.56. The molecular weight excluding hydrogens is 231 g/mol. The molecule has 0 saturated carbocycles. The molecule has 0 bridgehead atoms. The maximum absolute atomic E-state index is 13.1. The molecule has 1 aromatic rings. The molecule has 1 atom stereocenters. The zero-order valence-electron chi connectivity index (χ0n) is 10.8. The van der Waals surface area contributed by atoms with Crippen molar-refractivity contribution in [1.29, 1.82) is 0 Å². The lowest BCUT2D eigenvalue weighted by Crippen LogP contribution is -2.42. The molecule has 100 valence electrons. The van der Waals surface area contributed by atoms with Gasteiger partial charge in [-0.25, -0.2) is 4.39 Å². The third kappa shape index (κ3) is 3.96. The van der Waals surface area contributed by atoms with Crippen molar-refractivity contribution in [3.63, 3.8) is 0 Å². The first-order valence-electron chi connectivity index (χ1n) is 6.54. The second-order valence-corrected chi connectivity index (χ2v) is 5.16. The van der Waals surface area contributed by atoms with Crippen LogP contribution in [0.15, 0.2) is 18.2 Å². The van der Waals surface area contributed by atoms with Gasteiger partial charge in [-0.15, -0.1) is 0 Å². The fourth-order valence-electron chi connectivity index (χ4n) is 2.56. The first-order valence-corrected chi connectivity index (χ1v) is 6.54. The van der Waals surface area contributed by atoms with Crippen LogP contribution in [0.2, 0.25) is 0 Å². The van der Waals surface area contributed by atoms with Crippen molar-refractivity contribution >= 4 is 0 Å². The Kier molecular flexibility index (Phi) is 4.55. The van der Waals surface area contributed by atoms with E-state index in [0.29, 0.717) is 12.6 Å². The monoisotopic (exact) mass is 252 g/mol. The molecule has 0 radical (unpaired) electrons. The molecule has 1 fully saturated rings. The fraction of sp³-hybridized carbons (Fsp3) is 0.571. The molecule has 0 aromatic heterocycles. The lowest BCUT2D eigenvalue weighted by Gasteiger charge is -2.28. The minimum atomic E-state index is -0.380. The molecule has 1 saturated heterocycles. The van der Waals surface area contributed by atoms with Crippen LogP contribution in [0.25, 0.3) is 0 Å². The standard InChI is InChI=1S/C14H21FN2O/c1-17(10-13-4-2-3-5-16-13)9-11-6-12(15)8-14(18)7-11/h6-8,13,16,18H,2-5,9-10H2,1H3. The molecule has 2 N–H and O–H groups in total. The average molecular weight is 252 g/mol. The lowest BCUT2D eigenvalue weighted by atomic mass is 10.0. The second-order valence-electron chi connectivity index (χ2n) is 5.16. The van der Waals surface area contributed by atoms with E-state index in [2.05, 4.69) is 10.2 Å². The van der Waals surface area contributed by atoms with Crippen LogP contribution in [0, 0.1) is 5.82 Å². The van der Waals surface area contributed by atoms with Crippen LogP contribution >= 0.6 is 0 Å². The number of piperidine rings is 1. The van der Waals surface area contributed by atoms with Gasteiger partial charge in [0.05, 0.1) is 0 Å². The number of phenolic OH excluding ortho intramolecular Hbond substituents is 1. The van der Waals surface area contributed by atoms with Gasteiger partial charge in [-0.3, -0.25) is 0 Å². The Bertz CT molecular complexity index is 371. The van der Waals surface area contributed by atoms with E-state index in [1.807, 2.05) is 7.05 Å². The van der Waals surface area contributed by atoms with Gasteiger partial charge in [0.25, 0.3) is 0 Å². The number of aromatic hydroxyl groups is 1. The summed E-state index contributed by atoms with van der Waals surface area (Å²) in [6, 6.07) is 4.76. The molecule has 1 heterocycles. The Hall–Kier alpha value is -1.13. The third-order valence-corrected chi connectivity index (χ3v) is 3.34. The van der Waals surface area contributed by atoms with Gasteiger partial charge in [-0.1, -0.05) is 6.42 Å². The Morgan fingerprint density at radius 1 is 1.39 bits per heavy atom. The van der Waals surface area contributed by atoms with Crippen LogP contribution in [0.5, 0.6) is 5.75 Å². The van der Waals surface area contributed by atoms with Gasteiger partial charge in [-0.05, 0) is 44.1 Å². The van der Waals surface area contributed by atoms with E-state index < -0.39 is 0 Å². The summed E-state index contributed by atoms with van der Waals surface area (Å²) in [5.74, 6) is -0.386. The highest BCUT2D eigenvalue weighted by atomic mass is 19.1. The number of benzene rings is 1. The minimum absolute atomic E-state index is 0.00538. The molecular formula is C14H21FN2O. The molecule has 18 heavy (non-hydrogen) atoms. The SMILES string of the molecule is CN(Cc1cc(O)cc(F)c1)CC1CCCCN1. The molecule has 1 aliphatic heterocycles. The van der Waals surface area contributed by atoms with E-state index in [9.17, 15) is 9.50 Å². The van der Waals surface area contributed by atoms with Crippen LogP contribution in [0.1, 0.15) is 24.8 Å². The van der Waals surface area contributed by atoms with E-state index in [1.54, 1.807) is 6.07 Å². The largest absolute Gasteiger partial charge is 0.508 e. The predicted octanol–water partition coefficient (Wildman–Crippen LogP) is 2.11. The Labute approximate surface area is 108 Å². The first-order chi connectivity index (χ1) is 8.63. The van der Waals surface area contributed by atoms with E-state index >= 15 is 0 Å². The van der Waals surface area contributed by atoms with Crippen molar-refractivity contribution in [1.82, 2.24) is 10.2 Å². The summed E-state index contributed by atoms with van der Waals surface area (Å²) in [7, 11) is 2.03. The van der Waals surface area contributed by atoms with Crippen molar-refractivity contribution in [2.45, 2.75) is 31.8 Å². The van der Waals surface area contributed by atoms with Crippen LogP contribution < -0.4 is 5.32 Å². The average Bonchev–Trinajstić information content (AvgIpc) is 2.28. The lowest BCUT2D eigenvalue weighted by molar-refractivity contribution is 0.256. The van der Waals surface area contributed by atoms with Gasteiger partial charge < -0.3 is 15.3 Å². The number of likely N-dealkylation sites (N-methyl/N-ethyl adjacent to an activating group) is 1. The van der Waals surface area contributed by atoms with Crippen molar-refractivity contribution < 1.29 is 9.50 Å². The maximum atomic E-state index is 13.1. The van der Waals surface area contributed by atoms with Gasteiger partial charge in [0, 0.05) is 25.2 Å². The summed E-state index contributed by atoms with van der Waals surface area (Å²) in [6.07, 6.45) is 3.75. The van der Waals surface area contributed by atoms with Crippen LogP contribution in [0.3, 0.4) is 0 Å². The predicted molar refractivity (Wildman–Crippen MR) is 70.0 cm³/mol. The van der Waals surface area contributed by atoms with E-state index in [1.165, 1.54) is 25.3 Å². The van der Waals surface area contributed by atoms with Crippen LogP contribution in [-0.4, -0.2) is 36.2 Å². The number of phenols is 1. The molecule has 1 aromatic carbocycles. The van der Waals surface area contributed by atoms with Crippen molar-refractivity contribution in [3.05, 3.63) is 29.6 Å². The normalized spacial score (nSPS) is 20.3. The van der Waals surface area contributed by atoms with Crippen LogP contribution in [-0.2, 0) is 6.54 Å². The van der Waals surface area contributed by atoms with E-state index in [0.717, 1.165) is 24.7 Å². The number of halogens is 1. The number of rotatable bonds is 4. The highest BCUT2D eigenvalue weighted by molar-refractivity contribution is 5.28. The zero-order valence-corrected chi connectivity index (χ0v) is 10.8. The van der Waals surface area contributed by atoms with Gasteiger partial charge >= 0.3 is 0 Å².